The predicted octanol–water partition coefficient (Wildman–Crippen LogP) is 2.24. The van der Waals surface area contributed by atoms with Crippen molar-refractivity contribution in [3.8, 4) is 5.13 Å². The Morgan fingerprint density at radius 2 is 2.19 bits per heavy atom. The normalized spacial score (nSPS) is 15.9. The largest absolute Gasteiger partial charge is 0.294 e. The number of ketones is 1. The molecule has 3 rings (SSSR count). The third-order valence-electron chi connectivity index (χ3n) is 2.84. The van der Waals surface area contributed by atoms with Gasteiger partial charge in [-0.2, -0.15) is 5.10 Å². The highest BCUT2D eigenvalue weighted by Gasteiger charge is 2.21. The molecule has 0 saturated carbocycles. The molecular formula is C11H11N3OS. The number of thiazole rings is 1. The van der Waals surface area contributed by atoms with E-state index in [9.17, 15) is 4.79 Å². The lowest BCUT2D eigenvalue weighted by Gasteiger charge is -2.02. The molecule has 0 aliphatic heterocycles. The van der Waals surface area contributed by atoms with Crippen LogP contribution in [-0.4, -0.2) is 20.5 Å². The fourth-order valence-electron chi connectivity index (χ4n) is 2.05. The summed E-state index contributed by atoms with van der Waals surface area (Å²) in [5.74, 6) is 0.218. The SMILES string of the molecule is O=C1CCCCc2c1cnn2-c1nccs1. The van der Waals surface area contributed by atoms with Crippen molar-refractivity contribution in [2.24, 2.45) is 0 Å². The molecule has 5 heteroatoms. The van der Waals surface area contributed by atoms with Crippen LogP contribution in [0.3, 0.4) is 0 Å². The van der Waals surface area contributed by atoms with E-state index in [0.717, 1.165) is 35.7 Å². The Morgan fingerprint density at radius 1 is 1.31 bits per heavy atom. The van der Waals surface area contributed by atoms with E-state index in [1.807, 2.05) is 10.1 Å². The Hall–Kier alpha value is -1.49. The summed E-state index contributed by atoms with van der Waals surface area (Å²) in [4.78, 5) is 16.0. The van der Waals surface area contributed by atoms with Crippen LogP contribution in [0.4, 0.5) is 0 Å². The van der Waals surface area contributed by atoms with Gasteiger partial charge in [-0.15, -0.1) is 11.3 Å². The van der Waals surface area contributed by atoms with Gasteiger partial charge in [-0.1, -0.05) is 0 Å². The van der Waals surface area contributed by atoms with Crippen LogP contribution in [0.2, 0.25) is 0 Å². The molecule has 2 aromatic rings. The van der Waals surface area contributed by atoms with Gasteiger partial charge >= 0.3 is 0 Å². The molecule has 0 atom stereocenters. The Bertz CT molecular complexity index is 515. The van der Waals surface area contributed by atoms with E-state index in [-0.39, 0.29) is 5.78 Å². The fraction of sp³-hybridized carbons (Fsp3) is 0.364. The van der Waals surface area contributed by atoms with E-state index >= 15 is 0 Å². The van der Waals surface area contributed by atoms with Crippen LogP contribution < -0.4 is 0 Å². The third kappa shape index (κ3) is 1.48. The fourth-order valence-corrected chi connectivity index (χ4v) is 2.67. The Kier molecular flexibility index (Phi) is 2.32. The molecule has 16 heavy (non-hydrogen) atoms. The first-order valence-corrected chi connectivity index (χ1v) is 6.24. The average Bonchev–Trinajstić information content (AvgIpc) is 2.89. The van der Waals surface area contributed by atoms with Crippen molar-refractivity contribution in [2.75, 3.05) is 0 Å². The highest BCUT2D eigenvalue weighted by atomic mass is 32.1. The predicted molar refractivity (Wildman–Crippen MR) is 61.1 cm³/mol. The Morgan fingerprint density at radius 3 is 3.00 bits per heavy atom. The van der Waals surface area contributed by atoms with Crippen molar-refractivity contribution in [3.63, 3.8) is 0 Å². The molecule has 82 valence electrons. The minimum atomic E-state index is 0.218. The summed E-state index contributed by atoms with van der Waals surface area (Å²) in [5, 5.41) is 7.04. The van der Waals surface area contributed by atoms with Gasteiger partial charge in [0.2, 0.25) is 5.13 Å². The van der Waals surface area contributed by atoms with Crippen molar-refractivity contribution in [3.05, 3.63) is 29.0 Å². The summed E-state index contributed by atoms with van der Waals surface area (Å²) < 4.78 is 1.81. The van der Waals surface area contributed by atoms with E-state index in [1.165, 1.54) is 11.3 Å². The van der Waals surface area contributed by atoms with Gasteiger partial charge in [0.25, 0.3) is 0 Å². The van der Waals surface area contributed by atoms with Crippen molar-refractivity contribution in [2.45, 2.75) is 25.7 Å². The molecule has 2 heterocycles. The maximum Gasteiger partial charge on any atom is 0.210 e. The molecule has 0 saturated heterocycles. The van der Waals surface area contributed by atoms with Crippen molar-refractivity contribution in [1.29, 1.82) is 0 Å². The molecule has 0 unspecified atom stereocenters. The number of fused-ring (bicyclic) bond motifs is 1. The van der Waals surface area contributed by atoms with Gasteiger partial charge in [0.15, 0.2) is 5.78 Å². The first kappa shape index (κ1) is 9.72. The molecule has 0 spiro atoms. The Labute approximate surface area is 96.9 Å². The zero-order chi connectivity index (χ0) is 11.0. The van der Waals surface area contributed by atoms with Crippen LogP contribution in [0.25, 0.3) is 5.13 Å². The summed E-state index contributed by atoms with van der Waals surface area (Å²) in [6, 6.07) is 0. The van der Waals surface area contributed by atoms with Gasteiger partial charge in [0, 0.05) is 18.0 Å². The summed E-state index contributed by atoms with van der Waals surface area (Å²) in [7, 11) is 0. The van der Waals surface area contributed by atoms with E-state index in [4.69, 9.17) is 0 Å². The molecule has 1 aliphatic carbocycles. The second-order valence-electron chi connectivity index (χ2n) is 3.86. The zero-order valence-corrected chi connectivity index (χ0v) is 9.54. The van der Waals surface area contributed by atoms with E-state index in [1.54, 1.807) is 12.4 Å². The lowest BCUT2D eigenvalue weighted by atomic mass is 10.1. The first-order chi connectivity index (χ1) is 7.86. The molecule has 0 bridgehead atoms. The van der Waals surface area contributed by atoms with Gasteiger partial charge in [0.1, 0.15) is 0 Å². The number of Topliss-reactive ketones (excluding diaryl/α,β-unsaturated/α-hetero) is 1. The van der Waals surface area contributed by atoms with Crippen molar-refractivity contribution < 1.29 is 4.79 Å². The maximum absolute atomic E-state index is 11.8. The third-order valence-corrected chi connectivity index (χ3v) is 3.58. The van der Waals surface area contributed by atoms with Crippen LogP contribution in [0, 0.1) is 0 Å². The summed E-state index contributed by atoms with van der Waals surface area (Å²) >= 11 is 1.54. The highest BCUT2D eigenvalue weighted by Crippen LogP contribution is 2.23. The number of hydrogen-bond acceptors (Lipinski definition) is 4. The maximum atomic E-state index is 11.8. The molecule has 4 nitrogen and oxygen atoms in total. The van der Waals surface area contributed by atoms with Crippen molar-refractivity contribution in [1.82, 2.24) is 14.8 Å². The van der Waals surface area contributed by atoms with Crippen LogP contribution in [0.5, 0.6) is 0 Å². The van der Waals surface area contributed by atoms with Crippen LogP contribution in [0.15, 0.2) is 17.8 Å². The van der Waals surface area contributed by atoms with E-state index in [2.05, 4.69) is 10.1 Å². The minimum absolute atomic E-state index is 0.218. The molecular weight excluding hydrogens is 222 g/mol. The first-order valence-electron chi connectivity index (χ1n) is 5.36. The van der Waals surface area contributed by atoms with Crippen LogP contribution >= 0.6 is 11.3 Å². The second kappa shape index (κ2) is 3.83. The topological polar surface area (TPSA) is 47.8 Å². The minimum Gasteiger partial charge on any atom is -0.294 e. The number of carbonyl (C=O) groups is 1. The Balaban J connectivity index is 2.12. The van der Waals surface area contributed by atoms with Crippen LogP contribution in [0.1, 0.15) is 35.3 Å². The summed E-state index contributed by atoms with van der Waals surface area (Å²) in [5.41, 5.74) is 1.81. The number of hydrogen-bond donors (Lipinski definition) is 0. The monoisotopic (exact) mass is 233 g/mol. The summed E-state index contributed by atoms with van der Waals surface area (Å²) in [6.07, 6.45) is 7.04. The standard InChI is InChI=1S/C11H11N3OS/c15-10-4-2-1-3-9-8(10)7-13-14(9)11-12-5-6-16-11/h5-7H,1-4H2. The molecule has 0 N–H and O–H groups in total. The molecule has 0 amide bonds. The molecule has 0 fully saturated rings. The van der Waals surface area contributed by atoms with Gasteiger partial charge in [0.05, 0.1) is 17.5 Å². The molecule has 2 aromatic heterocycles. The van der Waals surface area contributed by atoms with Gasteiger partial charge in [-0.3, -0.25) is 4.79 Å². The van der Waals surface area contributed by atoms with Crippen molar-refractivity contribution >= 4 is 17.1 Å². The highest BCUT2D eigenvalue weighted by molar-refractivity contribution is 7.12. The smallest absolute Gasteiger partial charge is 0.210 e. The van der Waals surface area contributed by atoms with E-state index in [0.29, 0.717) is 6.42 Å². The average molecular weight is 233 g/mol. The quantitative estimate of drug-likeness (QED) is 0.710. The van der Waals surface area contributed by atoms with Crippen LogP contribution in [-0.2, 0) is 6.42 Å². The van der Waals surface area contributed by atoms with Gasteiger partial charge in [-0.05, 0) is 19.3 Å². The van der Waals surface area contributed by atoms with Gasteiger partial charge < -0.3 is 0 Å². The number of carbonyl (C=O) groups excluding carboxylic acids is 1. The zero-order valence-electron chi connectivity index (χ0n) is 8.72. The number of aromatic nitrogens is 3. The number of rotatable bonds is 1. The lowest BCUT2D eigenvalue weighted by Crippen LogP contribution is -2.03. The number of nitrogens with zero attached hydrogens (tertiary/aromatic N) is 3. The molecule has 1 aliphatic rings. The second-order valence-corrected chi connectivity index (χ2v) is 4.73. The molecule has 0 aromatic carbocycles. The van der Waals surface area contributed by atoms with E-state index < -0.39 is 0 Å². The van der Waals surface area contributed by atoms with Gasteiger partial charge in [-0.25, -0.2) is 9.67 Å². The lowest BCUT2D eigenvalue weighted by molar-refractivity contribution is 0.0982. The molecule has 0 radical (unpaired) electrons. The summed E-state index contributed by atoms with van der Waals surface area (Å²) in [6.45, 7) is 0.